The van der Waals surface area contributed by atoms with Crippen molar-refractivity contribution >= 4 is 15.3 Å². The third-order valence-electron chi connectivity index (χ3n) is 0.848. The van der Waals surface area contributed by atoms with Gasteiger partial charge in [-0.05, 0) is 20.0 Å². The minimum atomic E-state index is -0.244. The molecule has 3 heteroatoms. The van der Waals surface area contributed by atoms with Crippen LogP contribution in [0.2, 0.25) is 0 Å². The van der Waals surface area contributed by atoms with Gasteiger partial charge in [0.05, 0.1) is 5.54 Å². The number of isocyanates is 1. The molecular formula is C5H10NOP. The van der Waals surface area contributed by atoms with Crippen LogP contribution >= 0.6 is 9.24 Å². The van der Waals surface area contributed by atoms with E-state index in [1.807, 2.05) is 13.8 Å². The fourth-order valence-electron chi connectivity index (χ4n) is 0.169. The molecule has 0 aromatic carbocycles. The van der Waals surface area contributed by atoms with Gasteiger partial charge in [-0.25, -0.2) is 4.79 Å². The number of rotatable bonds is 2. The molecule has 0 aliphatic carbocycles. The van der Waals surface area contributed by atoms with Crippen LogP contribution in [-0.4, -0.2) is 17.8 Å². The Labute approximate surface area is 51.6 Å². The third-order valence-corrected chi connectivity index (χ3v) is 1.85. The van der Waals surface area contributed by atoms with E-state index in [9.17, 15) is 4.79 Å². The Hall–Kier alpha value is -0.190. The normalized spacial score (nSPS) is 10.4. The van der Waals surface area contributed by atoms with Gasteiger partial charge in [0, 0.05) is 0 Å². The molecule has 0 aliphatic heterocycles. The Morgan fingerprint density at radius 2 is 2.25 bits per heavy atom. The SMILES string of the molecule is CC(C)(CP)N=C=O. The molecule has 0 aromatic heterocycles. The topological polar surface area (TPSA) is 29.4 Å². The van der Waals surface area contributed by atoms with Gasteiger partial charge >= 0.3 is 0 Å². The van der Waals surface area contributed by atoms with Crippen molar-refractivity contribution in [3.63, 3.8) is 0 Å². The lowest BCUT2D eigenvalue weighted by Gasteiger charge is -2.11. The molecule has 0 spiro atoms. The average Bonchev–Trinajstić information content (AvgIpc) is 1.67. The van der Waals surface area contributed by atoms with Gasteiger partial charge in [-0.2, -0.15) is 4.99 Å². The van der Waals surface area contributed by atoms with Crippen LogP contribution in [0.5, 0.6) is 0 Å². The number of hydrogen-bond donors (Lipinski definition) is 0. The summed E-state index contributed by atoms with van der Waals surface area (Å²) in [5.41, 5.74) is -0.244. The fourth-order valence-corrected chi connectivity index (χ4v) is 0.260. The van der Waals surface area contributed by atoms with E-state index in [1.54, 1.807) is 0 Å². The zero-order chi connectivity index (χ0) is 6.62. The van der Waals surface area contributed by atoms with Gasteiger partial charge in [-0.3, -0.25) is 0 Å². The second-order valence-corrected chi connectivity index (χ2v) is 2.63. The molecule has 0 heterocycles. The third kappa shape index (κ3) is 2.90. The van der Waals surface area contributed by atoms with Crippen molar-refractivity contribution in [3.05, 3.63) is 0 Å². The highest BCUT2D eigenvalue weighted by Gasteiger charge is 2.11. The van der Waals surface area contributed by atoms with Gasteiger partial charge in [0.2, 0.25) is 6.08 Å². The Bertz CT molecular complexity index is 116. The number of nitrogens with zero attached hydrogens (tertiary/aromatic N) is 1. The molecule has 0 radical (unpaired) electrons. The molecule has 1 atom stereocenters. The van der Waals surface area contributed by atoms with Crippen LogP contribution in [0.25, 0.3) is 0 Å². The van der Waals surface area contributed by atoms with Gasteiger partial charge in [0.1, 0.15) is 0 Å². The molecule has 0 saturated carbocycles. The summed E-state index contributed by atoms with van der Waals surface area (Å²) >= 11 is 0. The zero-order valence-corrected chi connectivity index (χ0v) is 6.29. The highest BCUT2D eigenvalue weighted by atomic mass is 31.0. The van der Waals surface area contributed by atoms with Crippen LogP contribution in [0.1, 0.15) is 13.8 Å². The second kappa shape index (κ2) is 2.96. The summed E-state index contributed by atoms with van der Waals surface area (Å²) in [4.78, 5) is 13.2. The number of carbonyl (C=O) groups excluding carboxylic acids is 1. The minimum Gasteiger partial charge on any atom is -0.211 e. The Kier molecular flexibility index (Phi) is 2.89. The molecule has 8 heavy (non-hydrogen) atoms. The lowest BCUT2D eigenvalue weighted by atomic mass is 10.1. The first-order valence-corrected chi connectivity index (χ1v) is 3.23. The van der Waals surface area contributed by atoms with E-state index in [-0.39, 0.29) is 5.54 Å². The molecule has 0 fully saturated rings. The van der Waals surface area contributed by atoms with Crippen molar-refractivity contribution in [2.45, 2.75) is 19.4 Å². The summed E-state index contributed by atoms with van der Waals surface area (Å²) in [5.74, 6) is 0. The fraction of sp³-hybridized carbons (Fsp3) is 0.800. The molecule has 0 rings (SSSR count). The lowest BCUT2D eigenvalue weighted by molar-refractivity contribution is 0.538. The predicted molar refractivity (Wildman–Crippen MR) is 36.8 cm³/mol. The van der Waals surface area contributed by atoms with Crippen molar-refractivity contribution < 1.29 is 4.79 Å². The van der Waals surface area contributed by atoms with E-state index in [0.29, 0.717) is 0 Å². The standard InChI is InChI=1S/C5H10NOP/c1-5(2,3-8)6-4-7/h3,8H2,1-2H3. The Morgan fingerprint density at radius 1 is 1.75 bits per heavy atom. The van der Waals surface area contributed by atoms with E-state index in [4.69, 9.17) is 0 Å². The molecule has 1 unspecified atom stereocenters. The van der Waals surface area contributed by atoms with Crippen molar-refractivity contribution in [2.75, 3.05) is 6.16 Å². The molecule has 0 saturated heterocycles. The van der Waals surface area contributed by atoms with E-state index >= 15 is 0 Å². The van der Waals surface area contributed by atoms with E-state index in [0.717, 1.165) is 6.16 Å². The van der Waals surface area contributed by atoms with Crippen molar-refractivity contribution in [1.82, 2.24) is 0 Å². The van der Waals surface area contributed by atoms with Gasteiger partial charge < -0.3 is 0 Å². The van der Waals surface area contributed by atoms with Crippen LogP contribution in [-0.2, 0) is 4.79 Å². The zero-order valence-electron chi connectivity index (χ0n) is 5.14. The molecule has 0 aromatic rings. The lowest BCUT2D eigenvalue weighted by Crippen LogP contribution is -2.17. The first-order valence-electron chi connectivity index (χ1n) is 2.41. The van der Waals surface area contributed by atoms with E-state index < -0.39 is 0 Å². The summed E-state index contributed by atoms with van der Waals surface area (Å²) < 4.78 is 0. The molecule has 0 N–H and O–H groups in total. The molecular weight excluding hydrogens is 121 g/mol. The average molecular weight is 131 g/mol. The summed E-state index contributed by atoms with van der Waals surface area (Å²) in [6, 6.07) is 0. The Balaban J connectivity index is 3.90. The minimum absolute atomic E-state index is 0.244. The maximum Gasteiger partial charge on any atom is 0.235 e. The second-order valence-electron chi connectivity index (χ2n) is 2.22. The quantitative estimate of drug-likeness (QED) is 0.312. The molecule has 46 valence electrons. The highest BCUT2D eigenvalue weighted by Crippen LogP contribution is 2.10. The van der Waals surface area contributed by atoms with E-state index in [2.05, 4.69) is 14.2 Å². The van der Waals surface area contributed by atoms with Crippen molar-refractivity contribution in [3.8, 4) is 0 Å². The predicted octanol–water partition coefficient (Wildman–Crippen LogP) is 0.976. The molecule has 0 bridgehead atoms. The summed E-state index contributed by atoms with van der Waals surface area (Å²) in [6.45, 7) is 3.76. The first-order chi connectivity index (χ1) is 3.62. The highest BCUT2D eigenvalue weighted by molar-refractivity contribution is 7.16. The summed E-state index contributed by atoms with van der Waals surface area (Å²) in [5, 5.41) is 0. The van der Waals surface area contributed by atoms with Gasteiger partial charge in [-0.15, -0.1) is 9.24 Å². The monoisotopic (exact) mass is 131 g/mol. The number of hydrogen-bond acceptors (Lipinski definition) is 2. The maximum atomic E-state index is 9.68. The van der Waals surface area contributed by atoms with Crippen LogP contribution in [0, 0.1) is 0 Å². The van der Waals surface area contributed by atoms with Gasteiger partial charge in [-0.1, -0.05) is 0 Å². The number of aliphatic imine (C=N–C) groups is 1. The van der Waals surface area contributed by atoms with Crippen LogP contribution in [0.3, 0.4) is 0 Å². The van der Waals surface area contributed by atoms with Crippen LogP contribution < -0.4 is 0 Å². The first kappa shape index (κ1) is 7.81. The molecule has 2 nitrogen and oxygen atoms in total. The largest absolute Gasteiger partial charge is 0.235 e. The summed E-state index contributed by atoms with van der Waals surface area (Å²) in [7, 11) is 2.53. The Morgan fingerprint density at radius 3 is 2.38 bits per heavy atom. The summed E-state index contributed by atoms with van der Waals surface area (Å²) in [6.07, 6.45) is 2.31. The van der Waals surface area contributed by atoms with Gasteiger partial charge in [0.25, 0.3) is 0 Å². The smallest absolute Gasteiger partial charge is 0.211 e. The van der Waals surface area contributed by atoms with Crippen LogP contribution in [0.4, 0.5) is 0 Å². The maximum absolute atomic E-state index is 9.68. The van der Waals surface area contributed by atoms with Crippen molar-refractivity contribution in [1.29, 1.82) is 0 Å². The van der Waals surface area contributed by atoms with Crippen LogP contribution in [0.15, 0.2) is 4.99 Å². The van der Waals surface area contributed by atoms with Crippen molar-refractivity contribution in [2.24, 2.45) is 4.99 Å². The molecule has 0 aliphatic rings. The molecule has 0 amide bonds. The van der Waals surface area contributed by atoms with Gasteiger partial charge in [0.15, 0.2) is 0 Å². The van der Waals surface area contributed by atoms with E-state index in [1.165, 1.54) is 6.08 Å².